The molecule has 1 aromatic carbocycles. The SMILES string of the molecule is CCN(CC)CC1CCc2c(c3ccccc3n2C)C1=O. The summed E-state index contributed by atoms with van der Waals surface area (Å²) in [7, 11) is 2.08. The van der Waals surface area contributed by atoms with Crippen molar-refractivity contribution in [2.24, 2.45) is 13.0 Å². The minimum Gasteiger partial charge on any atom is -0.347 e. The van der Waals surface area contributed by atoms with E-state index in [9.17, 15) is 4.79 Å². The number of rotatable bonds is 4. The van der Waals surface area contributed by atoms with Crippen molar-refractivity contribution in [1.82, 2.24) is 9.47 Å². The summed E-state index contributed by atoms with van der Waals surface area (Å²) >= 11 is 0. The molecule has 0 N–H and O–H groups in total. The normalized spacial score (nSPS) is 18.5. The van der Waals surface area contributed by atoms with Gasteiger partial charge in [0.25, 0.3) is 0 Å². The van der Waals surface area contributed by atoms with Crippen molar-refractivity contribution in [3.63, 3.8) is 0 Å². The Balaban J connectivity index is 2.00. The smallest absolute Gasteiger partial charge is 0.169 e. The molecule has 1 heterocycles. The maximum atomic E-state index is 13.0. The Labute approximate surface area is 126 Å². The van der Waals surface area contributed by atoms with Gasteiger partial charge in [-0.25, -0.2) is 0 Å². The Morgan fingerprint density at radius 2 is 1.95 bits per heavy atom. The van der Waals surface area contributed by atoms with E-state index in [1.807, 2.05) is 12.1 Å². The van der Waals surface area contributed by atoms with Crippen LogP contribution in [0.4, 0.5) is 0 Å². The van der Waals surface area contributed by atoms with Crippen LogP contribution in [0.25, 0.3) is 10.9 Å². The molecule has 1 aromatic heterocycles. The molecule has 3 rings (SSSR count). The molecule has 0 bridgehead atoms. The topological polar surface area (TPSA) is 25.2 Å². The average Bonchev–Trinajstić information content (AvgIpc) is 2.81. The largest absolute Gasteiger partial charge is 0.347 e. The molecule has 2 aromatic rings. The van der Waals surface area contributed by atoms with Crippen molar-refractivity contribution in [1.29, 1.82) is 0 Å². The minimum absolute atomic E-state index is 0.156. The standard InChI is InChI=1S/C18H24N2O/c1-4-20(5-2)12-13-10-11-16-17(18(13)21)14-8-6-7-9-15(14)19(16)3/h6-9,13H,4-5,10-12H2,1-3H3. The number of para-hydroxylation sites is 1. The lowest BCUT2D eigenvalue weighted by atomic mass is 9.84. The van der Waals surface area contributed by atoms with Gasteiger partial charge in [0.1, 0.15) is 0 Å². The fourth-order valence-electron chi connectivity index (χ4n) is 3.63. The molecular weight excluding hydrogens is 260 g/mol. The zero-order valence-corrected chi connectivity index (χ0v) is 13.2. The van der Waals surface area contributed by atoms with Gasteiger partial charge < -0.3 is 9.47 Å². The number of Topliss-reactive ketones (excluding diaryl/α,β-unsaturated/α-hetero) is 1. The maximum absolute atomic E-state index is 13.0. The zero-order chi connectivity index (χ0) is 15.0. The lowest BCUT2D eigenvalue weighted by Gasteiger charge is -2.27. The number of fused-ring (bicyclic) bond motifs is 3. The second kappa shape index (κ2) is 5.64. The molecule has 3 nitrogen and oxygen atoms in total. The van der Waals surface area contributed by atoms with Crippen molar-refractivity contribution < 1.29 is 4.79 Å². The minimum atomic E-state index is 0.156. The lowest BCUT2D eigenvalue weighted by molar-refractivity contribution is 0.0863. The van der Waals surface area contributed by atoms with Gasteiger partial charge in [0.2, 0.25) is 0 Å². The molecule has 0 spiro atoms. The molecule has 0 aliphatic heterocycles. The maximum Gasteiger partial charge on any atom is 0.169 e. The van der Waals surface area contributed by atoms with E-state index in [4.69, 9.17) is 0 Å². The first-order valence-corrected chi connectivity index (χ1v) is 8.00. The third-order valence-corrected chi connectivity index (χ3v) is 4.95. The van der Waals surface area contributed by atoms with Crippen molar-refractivity contribution in [3.05, 3.63) is 35.5 Å². The molecule has 0 saturated heterocycles. The predicted molar refractivity (Wildman–Crippen MR) is 86.8 cm³/mol. The molecule has 0 saturated carbocycles. The van der Waals surface area contributed by atoms with Gasteiger partial charge in [0, 0.05) is 41.7 Å². The first-order valence-electron chi connectivity index (χ1n) is 8.00. The van der Waals surface area contributed by atoms with Gasteiger partial charge in [-0.1, -0.05) is 32.0 Å². The Morgan fingerprint density at radius 1 is 1.24 bits per heavy atom. The predicted octanol–water partition coefficient (Wildman–Crippen LogP) is 3.27. The van der Waals surface area contributed by atoms with E-state index < -0.39 is 0 Å². The molecule has 0 radical (unpaired) electrons. The monoisotopic (exact) mass is 284 g/mol. The molecule has 1 atom stereocenters. The van der Waals surface area contributed by atoms with Crippen LogP contribution in [0.15, 0.2) is 24.3 Å². The van der Waals surface area contributed by atoms with E-state index in [1.165, 1.54) is 11.2 Å². The first-order chi connectivity index (χ1) is 10.2. The van der Waals surface area contributed by atoms with E-state index >= 15 is 0 Å². The van der Waals surface area contributed by atoms with Gasteiger partial charge in [0.15, 0.2) is 5.78 Å². The number of aromatic nitrogens is 1. The van der Waals surface area contributed by atoms with Crippen LogP contribution in [0.3, 0.4) is 0 Å². The lowest BCUT2D eigenvalue weighted by Crippen LogP contribution is -2.35. The Bertz CT molecular complexity index is 667. The molecule has 1 aliphatic rings. The van der Waals surface area contributed by atoms with Crippen molar-refractivity contribution in [3.8, 4) is 0 Å². The van der Waals surface area contributed by atoms with Crippen LogP contribution in [0, 0.1) is 5.92 Å². The summed E-state index contributed by atoms with van der Waals surface area (Å²) in [6, 6.07) is 8.28. The van der Waals surface area contributed by atoms with Crippen LogP contribution < -0.4 is 0 Å². The summed E-state index contributed by atoms with van der Waals surface area (Å²) in [5.74, 6) is 0.503. The molecule has 1 unspecified atom stereocenters. The first kappa shape index (κ1) is 14.3. The Kier molecular flexibility index (Phi) is 3.85. The molecule has 0 amide bonds. The second-order valence-electron chi connectivity index (χ2n) is 5.98. The summed E-state index contributed by atoms with van der Waals surface area (Å²) in [5.41, 5.74) is 3.38. The molecule has 21 heavy (non-hydrogen) atoms. The number of carbonyl (C=O) groups is 1. The highest BCUT2D eigenvalue weighted by Crippen LogP contribution is 2.33. The summed E-state index contributed by atoms with van der Waals surface area (Å²) in [5, 5.41) is 1.13. The second-order valence-corrected chi connectivity index (χ2v) is 5.98. The summed E-state index contributed by atoms with van der Waals surface area (Å²) < 4.78 is 2.20. The van der Waals surface area contributed by atoms with Crippen molar-refractivity contribution >= 4 is 16.7 Å². The number of nitrogens with zero attached hydrogens (tertiary/aromatic N) is 2. The van der Waals surface area contributed by atoms with E-state index in [0.717, 1.165) is 43.4 Å². The Hall–Kier alpha value is -1.61. The van der Waals surface area contributed by atoms with Crippen molar-refractivity contribution in [2.75, 3.05) is 19.6 Å². The van der Waals surface area contributed by atoms with Crippen LogP contribution in [-0.2, 0) is 13.5 Å². The van der Waals surface area contributed by atoms with Crippen LogP contribution in [0.5, 0.6) is 0 Å². The number of hydrogen-bond acceptors (Lipinski definition) is 2. The van der Waals surface area contributed by atoms with Crippen LogP contribution in [-0.4, -0.2) is 34.9 Å². The van der Waals surface area contributed by atoms with Crippen LogP contribution >= 0.6 is 0 Å². The molecule has 0 fully saturated rings. The van der Waals surface area contributed by atoms with Gasteiger partial charge in [-0.3, -0.25) is 4.79 Å². The van der Waals surface area contributed by atoms with Crippen LogP contribution in [0.1, 0.15) is 36.3 Å². The zero-order valence-electron chi connectivity index (χ0n) is 13.2. The van der Waals surface area contributed by atoms with Gasteiger partial charge in [-0.15, -0.1) is 0 Å². The summed E-state index contributed by atoms with van der Waals surface area (Å²) in [4.78, 5) is 15.3. The highest BCUT2D eigenvalue weighted by molar-refractivity contribution is 6.11. The average molecular weight is 284 g/mol. The molecule has 3 heteroatoms. The molecule has 112 valence electrons. The third-order valence-electron chi connectivity index (χ3n) is 4.95. The van der Waals surface area contributed by atoms with Crippen molar-refractivity contribution in [2.45, 2.75) is 26.7 Å². The number of hydrogen-bond donors (Lipinski definition) is 0. The fourth-order valence-corrected chi connectivity index (χ4v) is 3.63. The van der Waals surface area contributed by atoms with Crippen LogP contribution in [0.2, 0.25) is 0 Å². The number of benzene rings is 1. The highest BCUT2D eigenvalue weighted by Gasteiger charge is 2.32. The molecule has 1 aliphatic carbocycles. The van der Waals surface area contributed by atoms with E-state index in [0.29, 0.717) is 5.78 Å². The van der Waals surface area contributed by atoms with E-state index in [2.05, 4.69) is 42.5 Å². The number of ketones is 1. The van der Waals surface area contributed by atoms with E-state index in [-0.39, 0.29) is 5.92 Å². The number of carbonyl (C=O) groups excluding carboxylic acids is 1. The van der Waals surface area contributed by atoms with Gasteiger partial charge in [-0.05, 0) is 32.0 Å². The Morgan fingerprint density at radius 3 is 2.67 bits per heavy atom. The fraction of sp³-hybridized carbons (Fsp3) is 0.500. The summed E-state index contributed by atoms with van der Waals surface area (Å²) in [6.45, 7) is 7.26. The quantitative estimate of drug-likeness (QED) is 0.861. The van der Waals surface area contributed by atoms with Gasteiger partial charge in [-0.2, -0.15) is 0 Å². The van der Waals surface area contributed by atoms with E-state index in [1.54, 1.807) is 0 Å². The number of aryl methyl sites for hydroxylation is 1. The third kappa shape index (κ3) is 2.30. The summed E-state index contributed by atoms with van der Waals surface area (Å²) in [6.07, 6.45) is 1.99. The highest BCUT2D eigenvalue weighted by atomic mass is 16.1. The van der Waals surface area contributed by atoms with Gasteiger partial charge >= 0.3 is 0 Å². The molecular formula is C18H24N2O. The van der Waals surface area contributed by atoms with Gasteiger partial charge in [0.05, 0.1) is 0 Å².